The average molecular weight is 392 g/mol. The van der Waals surface area contributed by atoms with Crippen molar-refractivity contribution in [1.82, 2.24) is 20.4 Å². The highest BCUT2D eigenvalue weighted by Crippen LogP contribution is 2.12. The summed E-state index contributed by atoms with van der Waals surface area (Å²) in [5.41, 5.74) is 0. The second-order valence-corrected chi connectivity index (χ2v) is 6.58. The first-order valence-corrected chi connectivity index (χ1v) is 8.97. The minimum Gasteiger partial charge on any atom is -0.484 e. The van der Waals surface area contributed by atoms with E-state index in [0.717, 1.165) is 0 Å². The Balaban J connectivity index is 1.46. The minimum atomic E-state index is -0.856. The molecular weight excluding hydrogens is 371 g/mol. The number of amides is 5. The molecule has 2 saturated heterocycles. The lowest BCUT2D eigenvalue weighted by Crippen LogP contribution is -2.41. The molecule has 2 aliphatic heterocycles. The lowest BCUT2D eigenvalue weighted by Gasteiger charge is -2.23. The third kappa shape index (κ3) is 4.96. The number of halogens is 1. The maximum Gasteiger partial charge on any atom is 0.322 e. The minimum absolute atomic E-state index is 0.112. The molecule has 2 heterocycles. The zero-order valence-electron chi connectivity index (χ0n) is 15.2. The number of hydrogen-bond acceptors (Lipinski definition) is 5. The van der Waals surface area contributed by atoms with E-state index in [4.69, 9.17) is 4.74 Å². The van der Waals surface area contributed by atoms with Gasteiger partial charge in [0.25, 0.3) is 11.8 Å². The summed E-state index contributed by atoms with van der Waals surface area (Å²) in [5, 5.41) is 4.49. The fourth-order valence-electron chi connectivity index (χ4n) is 3.09. The van der Waals surface area contributed by atoms with Crippen LogP contribution >= 0.6 is 0 Å². The van der Waals surface area contributed by atoms with Gasteiger partial charge in [-0.2, -0.15) is 0 Å². The predicted molar refractivity (Wildman–Crippen MR) is 94.8 cm³/mol. The zero-order valence-corrected chi connectivity index (χ0v) is 15.2. The lowest BCUT2D eigenvalue weighted by atomic mass is 10.2. The topological polar surface area (TPSA) is 108 Å². The van der Waals surface area contributed by atoms with Gasteiger partial charge in [-0.3, -0.25) is 19.7 Å². The van der Waals surface area contributed by atoms with Gasteiger partial charge in [0, 0.05) is 26.2 Å². The fourth-order valence-corrected chi connectivity index (χ4v) is 3.09. The Labute approximate surface area is 160 Å². The first kappa shape index (κ1) is 19.6. The smallest absolute Gasteiger partial charge is 0.322 e. The summed E-state index contributed by atoms with van der Waals surface area (Å²) in [4.78, 5) is 50.7. The quantitative estimate of drug-likeness (QED) is 0.679. The Bertz CT molecular complexity index is 770. The van der Waals surface area contributed by atoms with Crippen LogP contribution in [0.5, 0.6) is 5.75 Å². The summed E-state index contributed by atoms with van der Waals surface area (Å²) in [6.07, 6.45) is 0.483. The van der Waals surface area contributed by atoms with Gasteiger partial charge in [-0.05, 0) is 30.7 Å². The van der Waals surface area contributed by atoms with Crippen molar-refractivity contribution < 1.29 is 28.3 Å². The largest absolute Gasteiger partial charge is 0.484 e. The second-order valence-electron chi connectivity index (χ2n) is 6.58. The highest BCUT2D eigenvalue weighted by atomic mass is 19.1. The monoisotopic (exact) mass is 392 g/mol. The number of nitrogens with zero attached hydrogens (tertiary/aromatic N) is 2. The molecule has 2 N–H and O–H groups in total. The van der Waals surface area contributed by atoms with Crippen LogP contribution in [0.3, 0.4) is 0 Å². The summed E-state index contributed by atoms with van der Waals surface area (Å²) in [6, 6.07) is 3.94. The number of hydrogen-bond donors (Lipinski definition) is 2. The highest BCUT2D eigenvalue weighted by Gasteiger charge is 2.33. The van der Waals surface area contributed by atoms with Gasteiger partial charge in [0.1, 0.15) is 17.6 Å². The second kappa shape index (κ2) is 8.68. The van der Waals surface area contributed by atoms with Crippen LogP contribution in [0, 0.1) is 5.82 Å². The summed E-state index contributed by atoms with van der Waals surface area (Å²) in [6.45, 7) is 1.46. The molecule has 0 aliphatic carbocycles. The highest BCUT2D eigenvalue weighted by molar-refractivity contribution is 6.05. The van der Waals surface area contributed by atoms with E-state index in [2.05, 4.69) is 10.6 Å². The Hall–Kier alpha value is -3.17. The normalized spacial score (nSPS) is 19.7. The van der Waals surface area contributed by atoms with Crippen molar-refractivity contribution >= 4 is 23.8 Å². The average Bonchev–Trinajstić information content (AvgIpc) is 2.87. The van der Waals surface area contributed by atoms with E-state index in [1.54, 1.807) is 9.80 Å². The Morgan fingerprint density at radius 2 is 1.68 bits per heavy atom. The molecule has 1 aromatic rings. The molecule has 0 saturated carbocycles. The van der Waals surface area contributed by atoms with E-state index in [1.165, 1.54) is 24.3 Å². The molecule has 2 aliphatic rings. The Morgan fingerprint density at radius 3 is 2.29 bits per heavy atom. The predicted octanol–water partition coefficient (Wildman–Crippen LogP) is -0.136. The van der Waals surface area contributed by atoms with Crippen molar-refractivity contribution in [2.24, 2.45) is 0 Å². The first-order chi connectivity index (χ1) is 13.4. The van der Waals surface area contributed by atoms with E-state index in [9.17, 15) is 23.6 Å². The van der Waals surface area contributed by atoms with E-state index in [-0.39, 0.29) is 30.7 Å². The third-order valence-electron chi connectivity index (χ3n) is 4.61. The van der Waals surface area contributed by atoms with Crippen LogP contribution in [0.2, 0.25) is 0 Å². The Morgan fingerprint density at radius 1 is 1.04 bits per heavy atom. The van der Waals surface area contributed by atoms with Gasteiger partial charge in [0.2, 0.25) is 5.91 Å². The zero-order chi connectivity index (χ0) is 20.1. The lowest BCUT2D eigenvalue weighted by molar-refractivity contribution is -0.135. The molecule has 1 atom stereocenters. The van der Waals surface area contributed by atoms with Crippen LogP contribution in [0.15, 0.2) is 24.3 Å². The number of urea groups is 1. The van der Waals surface area contributed by atoms with Crippen LogP contribution in [-0.2, 0) is 14.4 Å². The van der Waals surface area contributed by atoms with E-state index < -0.39 is 18.0 Å². The molecule has 5 amide bonds. The molecule has 2 fully saturated rings. The van der Waals surface area contributed by atoms with Gasteiger partial charge in [-0.1, -0.05) is 0 Å². The van der Waals surface area contributed by atoms with Gasteiger partial charge in [-0.15, -0.1) is 0 Å². The number of carbonyl (C=O) groups excluding carboxylic acids is 4. The van der Waals surface area contributed by atoms with E-state index in [0.29, 0.717) is 38.3 Å². The number of rotatable bonds is 5. The fraction of sp³-hybridized carbons (Fsp3) is 0.444. The number of carbonyl (C=O) groups is 4. The molecule has 0 bridgehead atoms. The molecule has 3 rings (SSSR count). The van der Waals surface area contributed by atoms with Crippen LogP contribution in [0.1, 0.15) is 12.8 Å². The van der Waals surface area contributed by atoms with Crippen molar-refractivity contribution in [2.45, 2.75) is 18.9 Å². The first-order valence-electron chi connectivity index (χ1n) is 8.97. The molecule has 0 aromatic heterocycles. The third-order valence-corrected chi connectivity index (χ3v) is 4.61. The van der Waals surface area contributed by atoms with Gasteiger partial charge >= 0.3 is 6.03 Å². The van der Waals surface area contributed by atoms with Crippen molar-refractivity contribution in [2.75, 3.05) is 32.8 Å². The van der Waals surface area contributed by atoms with Gasteiger partial charge in [-0.25, -0.2) is 9.18 Å². The molecular formula is C18H21FN4O5. The summed E-state index contributed by atoms with van der Waals surface area (Å²) in [5.74, 6) is -0.966. The molecule has 0 radical (unpaired) electrons. The van der Waals surface area contributed by atoms with Crippen molar-refractivity contribution in [3.63, 3.8) is 0 Å². The number of nitrogens with one attached hydrogen (secondary N) is 2. The molecule has 1 aromatic carbocycles. The summed E-state index contributed by atoms with van der Waals surface area (Å²) < 4.78 is 18.3. The van der Waals surface area contributed by atoms with Crippen LogP contribution < -0.4 is 15.4 Å². The molecule has 0 spiro atoms. The number of imide groups is 1. The molecule has 150 valence electrons. The van der Waals surface area contributed by atoms with Crippen molar-refractivity contribution in [1.29, 1.82) is 0 Å². The van der Waals surface area contributed by atoms with Gasteiger partial charge in [0.05, 0.1) is 6.42 Å². The molecule has 10 heteroatoms. The number of benzene rings is 1. The van der Waals surface area contributed by atoms with Crippen LogP contribution in [0.4, 0.5) is 9.18 Å². The number of ether oxygens (including phenoxy) is 1. The maximum atomic E-state index is 12.9. The molecule has 1 unspecified atom stereocenters. The molecule has 9 nitrogen and oxygen atoms in total. The Kier molecular flexibility index (Phi) is 6.07. The van der Waals surface area contributed by atoms with Crippen molar-refractivity contribution in [3.8, 4) is 5.75 Å². The van der Waals surface area contributed by atoms with E-state index >= 15 is 0 Å². The van der Waals surface area contributed by atoms with Crippen LogP contribution in [-0.4, -0.2) is 72.4 Å². The van der Waals surface area contributed by atoms with Crippen LogP contribution in [0.25, 0.3) is 0 Å². The van der Waals surface area contributed by atoms with Gasteiger partial charge < -0.3 is 19.9 Å². The standard InChI is InChI=1S/C18H21FN4O5/c19-12-2-4-13(5-3-12)28-11-16(25)23-7-1-6-22(8-9-23)15(24)10-14-17(26)21-18(27)20-14/h2-5,14H,1,6-11H2,(H2,20,21,26,27). The summed E-state index contributed by atoms with van der Waals surface area (Å²) in [7, 11) is 0. The van der Waals surface area contributed by atoms with Crippen molar-refractivity contribution in [3.05, 3.63) is 30.1 Å². The van der Waals surface area contributed by atoms with Gasteiger partial charge in [0.15, 0.2) is 6.61 Å². The molecule has 28 heavy (non-hydrogen) atoms. The summed E-state index contributed by atoms with van der Waals surface area (Å²) >= 11 is 0. The maximum absolute atomic E-state index is 12.9. The van der Waals surface area contributed by atoms with E-state index in [1.807, 2.05) is 0 Å². The SMILES string of the molecule is O=C1NC(=O)C(CC(=O)N2CCCN(C(=O)COc3ccc(F)cc3)CC2)N1.